The van der Waals surface area contributed by atoms with Gasteiger partial charge in [0.25, 0.3) is 0 Å². The number of benzene rings is 1. The lowest BCUT2D eigenvalue weighted by Crippen LogP contribution is -2.23. The van der Waals surface area contributed by atoms with E-state index in [0.717, 1.165) is 41.8 Å². The fourth-order valence-corrected chi connectivity index (χ4v) is 4.57. The maximum absolute atomic E-state index is 14.4. The molecule has 132 valence electrons. The van der Waals surface area contributed by atoms with Gasteiger partial charge in [0.1, 0.15) is 23.1 Å². The Morgan fingerprint density at radius 1 is 1.24 bits per heavy atom. The normalized spacial score (nSPS) is 15.8. The smallest absolute Gasteiger partial charge is 0.196 e. The topological polar surface area (TPSA) is 29.3 Å². The van der Waals surface area contributed by atoms with E-state index < -0.39 is 11.6 Å². The summed E-state index contributed by atoms with van der Waals surface area (Å²) in [6, 6.07) is 4.07. The van der Waals surface area contributed by atoms with E-state index in [1.165, 1.54) is 31.4 Å². The number of nitrogens with one attached hydrogen (secondary N) is 1. The number of nitrogens with zero attached hydrogens (tertiary/aromatic N) is 2. The van der Waals surface area contributed by atoms with Gasteiger partial charge in [-0.05, 0) is 31.4 Å². The number of imidazole rings is 1. The molecule has 25 heavy (non-hydrogen) atoms. The molecule has 1 aliphatic rings. The summed E-state index contributed by atoms with van der Waals surface area (Å²) in [4.78, 5) is 5.51. The summed E-state index contributed by atoms with van der Waals surface area (Å²) >= 11 is 1.55. The van der Waals surface area contributed by atoms with E-state index in [1.807, 2.05) is 0 Å². The van der Waals surface area contributed by atoms with Crippen molar-refractivity contribution in [1.82, 2.24) is 9.38 Å². The van der Waals surface area contributed by atoms with E-state index in [2.05, 4.69) is 27.0 Å². The number of hydrogen-bond acceptors (Lipinski definition) is 3. The lowest BCUT2D eigenvalue weighted by atomic mass is 9.95. The molecular formula is C19H21F2N3S. The number of aromatic nitrogens is 2. The minimum atomic E-state index is -0.574. The lowest BCUT2D eigenvalue weighted by molar-refractivity contribution is 0.461. The zero-order valence-electron chi connectivity index (χ0n) is 14.2. The number of halogens is 2. The van der Waals surface area contributed by atoms with E-state index in [0.29, 0.717) is 17.3 Å². The molecule has 1 aromatic carbocycles. The molecule has 0 atom stereocenters. The van der Waals surface area contributed by atoms with Crippen LogP contribution in [0.1, 0.15) is 44.7 Å². The molecule has 1 fully saturated rings. The monoisotopic (exact) mass is 361 g/mol. The number of anilines is 1. The minimum Gasteiger partial charge on any atom is -0.367 e. The van der Waals surface area contributed by atoms with E-state index in [4.69, 9.17) is 0 Å². The van der Waals surface area contributed by atoms with Gasteiger partial charge >= 0.3 is 0 Å². The fraction of sp³-hybridized carbons (Fsp3) is 0.421. The second kappa shape index (κ2) is 6.75. The van der Waals surface area contributed by atoms with Crippen molar-refractivity contribution in [2.45, 2.75) is 51.5 Å². The van der Waals surface area contributed by atoms with Crippen molar-refractivity contribution in [2.24, 2.45) is 0 Å². The van der Waals surface area contributed by atoms with Gasteiger partial charge in [-0.2, -0.15) is 0 Å². The van der Waals surface area contributed by atoms with Crippen molar-refractivity contribution in [3.05, 3.63) is 40.9 Å². The molecule has 1 aliphatic carbocycles. The van der Waals surface area contributed by atoms with Crippen LogP contribution in [0.15, 0.2) is 23.6 Å². The molecule has 6 heteroatoms. The average Bonchev–Trinajstić information content (AvgIpc) is 3.16. The van der Waals surface area contributed by atoms with E-state index in [-0.39, 0.29) is 0 Å². The molecule has 2 aromatic heterocycles. The number of thiazole rings is 1. The summed E-state index contributed by atoms with van der Waals surface area (Å²) in [5, 5.41) is 5.72. The summed E-state index contributed by atoms with van der Waals surface area (Å²) in [5.41, 5.74) is 2.07. The third-order valence-electron chi connectivity index (χ3n) is 4.93. The van der Waals surface area contributed by atoms with E-state index in [9.17, 15) is 8.78 Å². The van der Waals surface area contributed by atoms with Gasteiger partial charge in [0.15, 0.2) is 4.96 Å². The quantitative estimate of drug-likeness (QED) is 0.651. The largest absolute Gasteiger partial charge is 0.367 e. The molecule has 0 aliphatic heterocycles. The molecular weight excluding hydrogens is 340 g/mol. The second-order valence-electron chi connectivity index (χ2n) is 6.61. The van der Waals surface area contributed by atoms with E-state index in [1.54, 1.807) is 11.3 Å². The first-order valence-electron chi connectivity index (χ1n) is 8.88. The number of hydrogen-bond donors (Lipinski definition) is 1. The van der Waals surface area contributed by atoms with Crippen LogP contribution in [0.5, 0.6) is 0 Å². The van der Waals surface area contributed by atoms with Gasteiger partial charge in [-0.15, -0.1) is 11.3 Å². The highest BCUT2D eigenvalue weighted by Crippen LogP contribution is 2.35. The zero-order chi connectivity index (χ0) is 17.4. The summed E-state index contributed by atoms with van der Waals surface area (Å²) in [7, 11) is 0. The van der Waals surface area contributed by atoms with Crippen LogP contribution in [-0.2, 0) is 6.42 Å². The molecule has 0 bridgehead atoms. The number of fused-ring (bicyclic) bond motifs is 1. The van der Waals surface area contributed by atoms with Crippen LogP contribution in [0.25, 0.3) is 16.2 Å². The Bertz CT molecular complexity index is 894. The Balaban J connectivity index is 1.84. The van der Waals surface area contributed by atoms with Crippen molar-refractivity contribution < 1.29 is 8.78 Å². The molecule has 0 amide bonds. The number of aryl methyl sites for hydroxylation is 1. The molecule has 2 heterocycles. The van der Waals surface area contributed by atoms with Crippen LogP contribution in [0.3, 0.4) is 0 Å². The molecule has 4 rings (SSSR count). The molecule has 0 radical (unpaired) electrons. The first-order valence-corrected chi connectivity index (χ1v) is 9.76. The predicted molar refractivity (Wildman–Crippen MR) is 98.3 cm³/mol. The lowest BCUT2D eigenvalue weighted by Gasteiger charge is -2.24. The Morgan fingerprint density at radius 3 is 2.76 bits per heavy atom. The van der Waals surface area contributed by atoms with Crippen molar-refractivity contribution in [1.29, 1.82) is 0 Å². The van der Waals surface area contributed by atoms with Crippen LogP contribution in [0.2, 0.25) is 0 Å². The molecule has 1 N–H and O–H groups in total. The van der Waals surface area contributed by atoms with Gasteiger partial charge in [-0.1, -0.05) is 26.2 Å². The Labute approximate surface area is 149 Å². The first-order chi connectivity index (χ1) is 12.2. The minimum absolute atomic E-state index is 0.345. The van der Waals surface area contributed by atoms with Crippen LogP contribution < -0.4 is 5.32 Å². The highest BCUT2D eigenvalue weighted by molar-refractivity contribution is 7.15. The third-order valence-corrected chi connectivity index (χ3v) is 5.80. The summed E-state index contributed by atoms with van der Waals surface area (Å²) in [6.07, 6.45) is 6.81. The molecule has 3 aromatic rings. The second-order valence-corrected chi connectivity index (χ2v) is 7.45. The summed E-state index contributed by atoms with van der Waals surface area (Å²) < 4.78 is 29.8. The predicted octanol–water partition coefficient (Wildman–Crippen LogP) is 5.65. The van der Waals surface area contributed by atoms with Crippen LogP contribution >= 0.6 is 11.3 Å². The summed E-state index contributed by atoms with van der Waals surface area (Å²) in [5.74, 6) is -0.306. The fourth-order valence-electron chi connectivity index (χ4n) is 3.60. The van der Waals surface area contributed by atoms with Crippen molar-refractivity contribution in [3.8, 4) is 11.3 Å². The standard InChI is InChI=1S/C19H21F2N3S/c1-2-14-11-25-19-23-17(15-9-8-12(20)10-16(15)21)18(24(14)19)22-13-6-4-3-5-7-13/h8-11,13,22H,2-7H2,1H3. The van der Waals surface area contributed by atoms with Gasteiger partial charge in [0, 0.05) is 28.7 Å². The maximum atomic E-state index is 14.4. The van der Waals surface area contributed by atoms with Gasteiger partial charge in [-0.25, -0.2) is 13.8 Å². The Morgan fingerprint density at radius 2 is 2.04 bits per heavy atom. The van der Waals surface area contributed by atoms with Gasteiger partial charge < -0.3 is 5.32 Å². The first kappa shape index (κ1) is 16.5. The molecule has 0 unspecified atom stereocenters. The van der Waals surface area contributed by atoms with Crippen molar-refractivity contribution >= 4 is 22.1 Å². The third kappa shape index (κ3) is 3.03. The molecule has 0 spiro atoms. The SMILES string of the molecule is CCc1csc2nc(-c3ccc(F)cc3F)c(NC3CCCCC3)n12. The highest BCUT2D eigenvalue weighted by atomic mass is 32.1. The zero-order valence-corrected chi connectivity index (χ0v) is 15.0. The van der Waals surface area contributed by atoms with Crippen molar-refractivity contribution in [3.63, 3.8) is 0 Å². The molecule has 1 saturated carbocycles. The van der Waals surface area contributed by atoms with E-state index >= 15 is 0 Å². The summed E-state index contributed by atoms with van der Waals surface area (Å²) in [6.45, 7) is 2.10. The number of rotatable bonds is 4. The van der Waals surface area contributed by atoms with Crippen LogP contribution in [-0.4, -0.2) is 15.4 Å². The van der Waals surface area contributed by atoms with Crippen LogP contribution in [0.4, 0.5) is 14.6 Å². The molecule has 3 nitrogen and oxygen atoms in total. The highest BCUT2D eigenvalue weighted by Gasteiger charge is 2.23. The van der Waals surface area contributed by atoms with Gasteiger partial charge in [0.05, 0.1) is 0 Å². The maximum Gasteiger partial charge on any atom is 0.196 e. The van der Waals surface area contributed by atoms with Gasteiger partial charge in [0.2, 0.25) is 0 Å². The molecule has 0 saturated heterocycles. The van der Waals surface area contributed by atoms with Gasteiger partial charge in [-0.3, -0.25) is 4.40 Å². The Kier molecular flexibility index (Phi) is 4.46. The van der Waals surface area contributed by atoms with Crippen LogP contribution in [0, 0.1) is 11.6 Å². The Hall–Kier alpha value is -1.95. The average molecular weight is 361 g/mol. The van der Waals surface area contributed by atoms with Crippen molar-refractivity contribution in [2.75, 3.05) is 5.32 Å².